The standard InChI is InChI=1S/C17H18N2/c1-2-5-17(18)19-14-8-9-16-13(11-14)10-12-6-3-4-7-15(12)16/h3-4,6-9,11H,2,5,10H2,1H3,(H2,18,19). The molecule has 0 amide bonds. The first kappa shape index (κ1) is 12.0. The van der Waals surface area contributed by atoms with Crippen LogP contribution in [0.25, 0.3) is 11.1 Å². The van der Waals surface area contributed by atoms with Crippen LogP contribution in [-0.2, 0) is 6.42 Å². The topological polar surface area (TPSA) is 38.4 Å². The Labute approximate surface area is 114 Å². The van der Waals surface area contributed by atoms with E-state index in [9.17, 15) is 0 Å². The minimum absolute atomic E-state index is 0.720. The van der Waals surface area contributed by atoms with Crippen LogP contribution in [0.2, 0.25) is 0 Å². The van der Waals surface area contributed by atoms with Gasteiger partial charge in [0.15, 0.2) is 0 Å². The molecule has 2 nitrogen and oxygen atoms in total. The van der Waals surface area contributed by atoms with Gasteiger partial charge in [0.25, 0.3) is 0 Å². The number of fused-ring (bicyclic) bond motifs is 3. The molecule has 0 aliphatic heterocycles. The molecule has 1 aliphatic rings. The fourth-order valence-electron chi connectivity index (χ4n) is 2.68. The molecule has 0 aromatic heterocycles. The first-order valence-corrected chi connectivity index (χ1v) is 6.82. The number of benzene rings is 2. The molecule has 0 saturated heterocycles. The summed E-state index contributed by atoms with van der Waals surface area (Å²) >= 11 is 0. The summed E-state index contributed by atoms with van der Waals surface area (Å²) in [6.07, 6.45) is 2.89. The van der Waals surface area contributed by atoms with Crippen molar-refractivity contribution in [3.8, 4) is 11.1 Å². The SMILES string of the molecule is CCCC(N)=Nc1ccc2c(c1)Cc1ccccc1-2. The molecular formula is C17H18N2. The van der Waals surface area contributed by atoms with Crippen molar-refractivity contribution in [1.29, 1.82) is 0 Å². The number of hydrogen-bond donors (Lipinski definition) is 1. The van der Waals surface area contributed by atoms with Gasteiger partial charge in [-0.2, -0.15) is 0 Å². The highest BCUT2D eigenvalue weighted by Gasteiger charge is 2.17. The Morgan fingerprint density at radius 3 is 2.74 bits per heavy atom. The van der Waals surface area contributed by atoms with Gasteiger partial charge in [-0.3, -0.25) is 0 Å². The van der Waals surface area contributed by atoms with E-state index in [1.54, 1.807) is 0 Å². The van der Waals surface area contributed by atoms with Gasteiger partial charge in [0.2, 0.25) is 0 Å². The van der Waals surface area contributed by atoms with Crippen LogP contribution in [-0.4, -0.2) is 5.84 Å². The van der Waals surface area contributed by atoms with Crippen molar-refractivity contribution < 1.29 is 0 Å². The summed E-state index contributed by atoms with van der Waals surface area (Å²) in [4.78, 5) is 4.48. The average Bonchev–Trinajstić information content (AvgIpc) is 2.76. The zero-order valence-electron chi connectivity index (χ0n) is 11.2. The maximum absolute atomic E-state index is 5.90. The lowest BCUT2D eigenvalue weighted by molar-refractivity contribution is 0.983. The van der Waals surface area contributed by atoms with Gasteiger partial charge < -0.3 is 5.73 Å². The monoisotopic (exact) mass is 250 g/mol. The highest BCUT2D eigenvalue weighted by Crippen LogP contribution is 2.38. The fourth-order valence-corrected chi connectivity index (χ4v) is 2.68. The Morgan fingerprint density at radius 2 is 1.89 bits per heavy atom. The van der Waals surface area contributed by atoms with E-state index in [1.807, 2.05) is 0 Å². The van der Waals surface area contributed by atoms with Gasteiger partial charge in [0.1, 0.15) is 0 Å². The first-order valence-electron chi connectivity index (χ1n) is 6.82. The van der Waals surface area contributed by atoms with E-state index in [2.05, 4.69) is 54.4 Å². The minimum atomic E-state index is 0.720. The van der Waals surface area contributed by atoms with Gasteiger partial charge in [-0.1, -0.05) is 37.3 Å². The van der Waals surface area contributed by atoms with Gasteiger partial charge in [-0.05, 0) is 47.2 Å². The second-order valence-corrected chi connectivity index (χ2v) is 5.03. The molecule has 0 heterocycles. The van der Waals surface area contributed by atoms with Crippen molar-refractivity contribution in [2.75, 3.05) is 0 Å². The van der Waals surface area contributed by atoms with E-state index in [0.29, 0.717) is 0 Å². The van der Waals surface area contributed by atoms with Crippen LogP contribution in [0.5, 0.6) is 0 Å². The highest BCUT2D eigenvalue weighted by atomic mass is 14.9. The molecule has 2 aromatic rings. The Hall–Kier alpha value is -2.09. The van der Waals surface area contributed by atoms with E-state index < -0.39 is 0 Å². The number of nitrogens with zero attached hydrogens (tertiary/aromatic N) is 1. The van der Waals surface area contributed by atoms with Crippen molar-refractivity contribution in [1.82, 2.24) is 0 Å². The molecule has 0 fully saturated rings. The molecule has 2 N–H and O–H groups in total. The van der Waals surface area contributed by atoms with Crippen molar-refractivity contribution >= 4 is 11.5 Å². The third kappa shape index (κ3) is 2.26. The molecule has 19 heavy (non-hydrogen) atoms. The molecule has 0 unspecified atom stereocenters. The van der Waals surface area contributed by atoms with E-state index in [-0.39, 0.29) is 0 Å². The molecule has 0 bridgehead atoms. The third-order valence-electron chi connectivity index (χ3n) is 3.56. The van der Waals surface area contributed by atoms with E-state index >= 15 is 0 Å². The Kier molecular flexibility index (Phi) is 3.08. The molecule has 1 aliphatic carbocycles. The van der Waals surface area contributed by atoms with Crippen LogP contribution in [0.1, 0.15) is 30.9 Å². The van der Waals surface area contributed by atoms with Crippen LogP contribution >= 0.6 is 0 Å². The van der Waals surface area contributed by atoms with Crippen LogP contribution in [0.15, 0.2) is 47.5 Å². The molecule has 96 valence electrons. The maximum atomic E-state index is 5.90. The summed E-state index contributed by atoms with van der Waals surface area (Å²) in [5.41, 5.74) is 12.3. The van der Waals surface area contributed by atoms with Gasteiger partial charge in [0.05, 0.1) is 11.5 Å². The zero-order valence-corrected chi connectivity index (χ0v) is 11.2. The molecule has 2 heteroatoms. The largest absolute Gasteiger partial charge is 0.387 e. The van der Waals surface area contributed by atoms with Crippen LogP contribution in [0.3, 0.4) is 0 Å². The van der Waals surface area contributed by atoms with Crippen molar-refractivity contribution in [3.63, 3.8) is 0 Å². The minimum Gasteiger partial charge on any atom is -0.387 e. The van der Waals surface area contributed by atoms with Crippen molar-refractivity contribution in [3.05, 3.63) is 53.6 Å². The van der Waals surface area contributed by atoms with Gasteiger partial charge in [-0.25, -0.2) is 4.99 Å². The quantitative estimate of drug-likeness (QED) is 0.553. The Morgan fingerprint density at radius 1 is 1.11 bits per heavy atom. The molecule has 3 rings (SSSR count). The second-order valence-electron chi connectivity index (χ2n) is 5.03. The van der Waals surface area contributed by atoms with E-state index in [4.69, 9.17) is 5.73 Å². The molecule has 0 saturated carbocycles. The summed E-state index contributed by atoms with van der Waals surface area (Å²) in [7, 11) is 0. The number of nitrogens with two attached hydrogens (primary N) is 1. The lowest BCUT2D eigenvalue weighted by atomic mass is 10.1. The molecule has 2 aromatic carbocycles. The van der Waals surface area contributed by atoms with Crippen LogP contribution in [0, 0.1) is 0 Å². The number of aliphatic imine (C=N–C) groups is 1. The number of hydrogen-bond acceptors (Lipinski definition) is 1. The molecule has 0 atom stereocenters. The number of amidine groups is 1. The van der Waals surface area contributed by atoms with Crippen LogP contribution < -0.4 is 5.73 Å². The van der Waals surface area contributed by atoms with Gasteiger partial charge in [0, 0.05) is 6.42 Å². The lowest BCUT2D eigenvalue weighted by Crippen LogP contribution is -2.09. The predicted octanol–water partition coefficient (Wildman–Crippen LogP) is 4.05. The fraction of sp³-hybridized carbons (Fsp3) is 0.235. The van der Waals surface area contributed by atoms with Crippen molar-refractivity contribution in [2.24, 2.45) is 10.7 Å². The van der Waals surface area contributed by atoms with E-state index in [1.165, 1.54) is 22.3 Å². The molecule has 0 spiro atoms. The summed E-state index contributed by atoms with van der Waals surface area (Å²) in [5, 5.41) is 0. The van der Waals surface area contributed by atoms with Gasteiger partial charge >= 0.3 is 0 Å². The predicted molar refractivity (Wildman–Crippen MR) is 80.9 cm³/mol. The zero-order chi connectivity index (χ0) is 13.2. The van der Waals surface area contributed by atoms with Gasteiger partial charge in [-0.15, -0.1) is 0 Å². The first-order chi connectivity index (χ1) is 9.28. The van der Waals surface area contributed by atoms with Crippen LogP contribution in [0.4, 0.5) is 5.69 Å². The second kappa shape index (κ2) is 4.88. The van der Waals surface area contributed by atoms with E-state index in [0.717, 1.165) is 30.8 Å². The Bertz CT molecular complexity index is 641. The summed E-state index contributed by atoms with van der Waals surface area (Å²) in [6.45, 7) is 2.11. The summed E-state index contributed by atoms with van der Waals surface area (Å²) in [5.74, 6) is 0.720. The molecular weight excluding hydrogens is 232 g/mol. The maximum Gasteiger partial charge on any atom is 0.0996 e. The Balaban J connectivity index is 1.96. The smallest absolute Gasteiger partial charge is 0.0996 e. The summed E-state index contributed by atoms with van der Waals surface area (Å²) < 4.78 is 0. The summed E-state index contributed by atoms with van der Waals surface area (Å²) in [6, 6.07) is 15.0. The van der Waals surface area contributed by atoms with Crippen molar-refractivity contribution in [2.45, 2.75) is 26.2 Å². The molecule has 0 radical (unpaired) electrons. The third-order valence-corrected chi connectivity index (χ3v) is 3.56. The normalized spacial score (nSPS) is 13.2. The average molecular weight is 250 g/mol. The lowest BCUT2D eigenvalue weighted by Gasteiger charge is -2.03. The highest BCUT2D eigenvalue weighted by molar-refractivity contribution is 5.84. The number of rotatable bonds is 3.